The Morgan fingerprint density at radius 3 is 2.61 bits per heavy atom. The van der Waals surface area contributed by atoms with Gasteiger partial charge in [-0.15, -0.1) is 0 Å². The first-order chi connectivity index (χ1) is 8.45. The monoisotopic (exact) mass is 250 g/mol. The van der Waals surface area contributed by atoms with Gasteiger partial charge in [0.05, 0.1) is 11.5 Å². The van der Waals surface area contributed by atoms with Crippen molar-refractivity contribution >= 4 is 17.6 Å². The molecule has 0 fully saturated rings. The fourth-order valence-electron chi connectivity index (χ4n) is 1.66. The smallest absolute Gasteiger partial charge is 0.308 e. The highest BCUT2D eigenvalue weighted by Crippen LogP contribution is 2.18. The van der Waals surface area contributed by atoms with E-state index < -0.39 is 17.8 Å². The molecule has 4 N–H and O–H groups in total. The van der Waals surface area contributed by atoms with Crippen LogP contribution in [0.1, 0.15) is 29.3 Å². The van der Waals surface area contributed by atoms with Gasteiger partial charge in [-0.05, 0) is 31.0 Å². The van der Waals surface area contributed by atoms with Crippen LogP contribution in [-0.2, 0) is 4.79 Å². The summed E-state index contributed by atoms with van der Waals surface area (Å²) in [6, 6.07) is 5.22. The minimum Gasteiger partial charge on any atom is -0.481 e. The van der Waals surface area contributed by atoms with Gasteiger partial charge >= 0.3 is 5.97 Å². The number of carbonyl (C=O) groups is 2. The van der Waals surface area contributed by atoms with Crippen molar-refractivity contribution in [2.45, 2.75) is 20.3 Å². The van der Waals surface area contributed by atoms with E-state index in [0.717, 1.165) is 5.56 Å². The van der Waals surface area contributed by atoms with E-state index in [1.54, 1.807) is 18.2 Å². The molecule has 1 aromatic carbocycles. The van der Waals surface area contributed by atoms with Gasteiger partial charge in [0.2, 0.25) is 0 Å². The van der Waals surface area contributed by atoms with E-state index in [9.17, 15) is 9.59 Å². The number of benzene rings is 1. The van der Waals surface area contributed by atoms with Crippen molar-refractivity contribution < 1.29 is 14.7 Å². The third-order valence-electron chi connectivity index (χ3n) is 2.82. The van der Waals surface area contributed by atoms with Gasteiger partial charge in [0.1, 0.15) is 0 Å². The molecule has 5 nitrogen and oxygen atoms in total. The van der Waals surface area contributed by atoms with Crippen LogP contribution in [0.25, 0.3) is 0 Å². The van der Waals surface area contributed by atoms with Crippen molar-refractivity contribution in [3.63, 3.8) is 0 Å². The summed E-state index contributed by atoms with van der Waals surface area (Å²) in [5, 5.41) is 11.9. The van der Waals surface area contributed by atoms with Crippen molar-refractivity contribution in [3.8, 4) is 0 Å². The van der Waals surface area contributed by atoms with Crippen LogP contribution in [0.15, 0.2) is 18.2 Å². The second kappa shape index (κ2) is 6.05. The van der Waals surface area contributed by atoms with Crippen molar-refractivity contribution in [2.75, 3.05) is 11.9 Å². The van der Waals surface area contributed by atoms with E-state index in [1.807, 2.05) is 13.8 Å². The maximum Gasteiger partial charge on any atom is 0.308 e. The number of carboxylic acid groups (broad SMARTS) is 1. The summed E-state index contributed by atoms with van der Waals surface area (Å²) in [4.78, 5) is 22.2. The fraction of sp³-hybridized carbons (Fsp3) is 0.385. The van der Waals surface area contributed by atoms with Crippen LogP contribution in [0, 0.1) is 12.8 Å². The maximum atomic E-state index is 11.2. The zero-order valence-electron chi connectivity index (χ0n) is 10.6. The number of nitrogens with one attached hydrogen (secondary N) is 1. The third-order valence-corrected chi connectivity index (χ3v) is 2.82. The lowest BCUT2D eigenvalue weighted by atomic mass is 10.1. The molecule has 0 aliphatic carbocycles. The number of nitrogens with two attached hydrogens (primary N) is 1. The molecule has 0 aliphatic rings. The molecule has 0 heterocycles. The Bertz CT molecular complexity index is 458. The molecule has 0 aromatic heterocycles. The molecule has 0 saturated heterocycles. The molecule has 0 spiro atoms. The Morgan fingerprint density at radius 1 is 1.44 bits per heavy atom. The van der Waals surface area contributed by atoms with Crippen LogP contribution >= 0.6 is 0 Å². The maximum absolute atomic E-state index is 11.2. The van der Waals surface area contributed by atoms with E-state index in [-0.39, 0.29) is 6.54 Å². The molecule has 18 heavy (non-hydrogen) atoms. The van der Waals surface area contributed by atoms with Gasteiger partial charge < -0.3 is 16.2 Å². The molecule has 0 bridgehead atoms. The number of carbonyl (C=O) groups excluding carboxylic acids is 1. The minimum atomic E-state index is -0.849. The zero-order valence-corrected chi connectivity index (χ0v) is 10.6. The van der Waals surface area contributed by atoms with Gasteiger partial charge in [0.25, 0.3) is 5.91 Å². The van der Waals surface area contributed by atoms with Gasteiger partial charge in [-0.2, -0.15) is 0 Å². The lowest BCUT2D eigenvalue weighted by Gasteiger charge is -2.14. The number of primary amides is 1. The summed E-state index contributed by atoms with van der Waals surface area (Å²) >= 11 is 0. The van der Waals surface area contributed by atoms with E-state index >= 15 is 0 Å². The molecule has 1 unspecified atom stereocenters. The topological polar surface area (TPSA) is 92.4 Å². The van der Waals surface area contributed by atoms with Gasteiger partial charge in [-0.1, -0.05) is 13.0 Å². The Morgan fingerprint density at radius 2 is 2.11 bits per heavy atom. The van der Waals surface area contributed by atoms with E-state index in [2.05, 4.69) is 5.32 Å². The molecule has 0 aliphatic heterocycles. The lowest BCUT2D eigenvalue weighted by Crippen LogP contribution is -2.23. The summed E-state index contributed by atoms with van der Waals surface area (Å²) in [5.74, 6) is -1.86. The first-order valence-corrected chi connectivity index (χ1v) is 5.82. The highest BCUT2D eigenvalue weighted by molar-refractivity contribution is 5.98. The molecule has 1 aromatic rings. The molecule has 0 radical (unpaired) electrons. The zero-order chi connectivity index (χ0) is 13.7. The molecule has 0 saturated carbocycles. The summed E-state index contributed by atoms with van der Waals surface area (Å²) in [6.07, 6.45) is 0.528. The van der Waals surface area contributed by atoms with Crippen LogP contribution in [0.2, 0.25) is 0 Å². The molecule has 1 rings (SSSR count). The fourth-order valence-corrected chi connectivity index (χ4v) is 1.66. The van der Waals surface area contributed by atoms with Crippen molar-refractivity contribution in [3.05, 3.63) is 29.3 Å². The summed E-state index contributed by atoms with van der Waals surface area (Å²) in [7, 11) is 0. The van der Waals surface area contributed by atoms with Crippen LogP contribution < -0.4 is 11.1 Å². The predicted molar refractivity (Wildman–Crippen MR) is 69.6 cm³/mol. The molecule has 5 heteroatoms. The van der Waals surface area contributed by atoms with E-state index in [4.69, 9.17) is 10.8 Å². The second-order valence-corrected chi connectivity index (χ2v) is 4.24. The first kappa shape index (κ1) is 14.0. The van der Waals surface area contributed by atoms with E-state index in [1.165, 1.54) is 0 Å². The number of aliphatic carboxylic acids is 1. The normalized spacial score (nSPS) is 11.9. The van der Waals surface area contributed by atoms with Crippen molar-refractivity contribution in [1.29, 1.82) is 0 Å². The van der Waals surface area contributed by atoms with Crippen LogP contribution in [-0.4, -0.2) is 23.5 Å². The second-order valence-electron chi connectivity index (χ2n) is 4.24. The standard InChI is InChI=1S/C13H18N2O3/c1-3-9(13(17)18)7-15-11-6-8(2)4-5-10(11)12(14)16/h4-6,9,15H,3,7H2,1-2H3,(H2,14,16)(H,17,18). The number of carboxylic acids is 1. The summed E-state index contributed by atoms with van der Waals surface area (Å²) in [5.41, 5.74) is 7.21. The largest absolute Gasteiger partial charge is 0.481 e. The molecular formula is C13H18N2O3. The van der Waals surface area contributed by atoms with Gasteiger partial charge in [0, 0.05) is 12.2 Å². The van der Waals surface area contributed by atoms with Crippen molar-refractivity contribution in [2.24, 2.45) is 11.7 Å². The quantitative estimate of drug-likeness (QED) is 0.715. The van der Waals surface area contributed by atoms with Crippen LogP contribution in [0.3, 0.4) is 0 Å². The number of hydrogen-bond donors (Lipinski definition) is 3. The number of rotatable bonds is 6. The first-order valence-electron chi connectivity index (χ1n) is 5.82. The molecule has 1 atom stereocenters. The highest BCUT2D eigenvalue weighted by Gasteiger charge is 2.16. The Hall–Kier alpha value is -2.04. The number of anilines is 1. The molecular weight excluding hydrogens is 232 g/mol. The number of hydrogen-bond acceptors (Lipinski definition) is 3. The van der Waals surface area contributed by atoms with Gasteiger partial charge in [-0.3, -0.25) is 9.59 Å². The van der Waals surface area contributed by atoms with Gasteiger partial charge in [-0.25, -0.2) is 0 Å². The minimum absolute atomic E-state index is 0.273. The third kappa shape index (κ3) is 3.48. The van der Waals surface area contributed by atoms with Crippen LogP contribution in [0.4, 0.5) is 5.69 Å². The molecule has 98 valence electrons. The summed E-state index contributed by atoms with van der Waals surface area (Å²) < 4.78 is 0. The predicted octanol–water partition coefficient (Wildman–Crippen LogP) is 1.62. The SMILES string of the molecule is CCC(CNc1cc(C)ccc1C(N)=O)C(=O)O. The highest BCUT2D eigenvalue weighted by atomic mass is 16.4. The summed E-state index contributed by atoms with van der Waals surface area (Å²) in [6.45, 7) is 3.98. The Balaban J connectivity index is 2.86. The average molecular weight is 250 g/mol. The molecule has 1 amide bonds. The number of aryl methyl sites for hydroxylation is 1. The van der Waals surface area contributed by atoms with Crippen molar-refractivity contribution in [1.82, 2.24) is 0 Å². The average Bonchev–Trinajstić information content (AvgIpc) is 2.29. The van der Waals surface area contributed by atoms with Gasteiger partial charge in [0.15, 0.2) is 0 Å². The van der Waals surface area contributed by atoms with E-state index in [0.29, 0.717) is 17.7 Å². The number of amides is 1. The lowest BCUT2D eigenvalue weighted by molar-refractivity contribution is -0.141. The Labute approximate surface area is 106 Å². The Kier molecular flexibility index (Phi) is 4.71. The van der Waals surface area contributed by atoms with Crippen LogP contribution in [0.5, 0.6) is 0 Å².